The molecule has 2 rings (SSSR count). The normalized spacial score (nSPS) is 16.2. The second kappa shape index (κ2) is 6.41. The van der Waals surface area contributed by atoms with Gasteiger partial charge < -0.3 is 15.1 Å². The summed E-state index contributed by atoms with van der Waals surface area (Å²) in [4.78, 5) is 2.17. The van der Waals surface area contributed by atoms with E-state index >= 15 is 0 Å². The molecule has 3 nitrogen and oxygen atoms in total. The van der Waals surface area contributed by atoms with Gasteiger partial charge in [0.05, 0.1) is 23.9 Å². The topological polar surface area (TPSA) is 43.7 Å². The Morgan fingerprint density at radius 3 is 2.56 bits per heavy atom. The summed E-state index contributed by atoms with van der Waals surface area (Å²) in [6.07, 6.45) is 4.73. The standard InChI is InChI=1S/C14H20ClNO2/c15-13-7-3-4-11(10-18)14(13)16(8-9-17)12-5-1-2-6-12/h3-4,7,12,17-18H,1-2,5-6,8-10H2. The van der Waals surface area contributed by atoms with Crippen LogP contribution in [0.15, 0.2) is 18.2 Å². The van der Waals surface area contributed by atoms with Crippen LogP contribution in [0.2, 0.25) is 5.02 Å². The Kier molecular flexibility index (Phi) is 4.87. The Morgan fingerprint density at radius 1 is 1.22 bits per heavy atom. The van der Waals surface area contributed by atoms with E-state index in [1.54, 1.807) is 0 Å². The van der Waals surface area contributed by atoms with Crippen LogP contribution in [0.1, 0.15) is 31.2 Å². The summed E-state index contributed by atoms with van der Waals surface area (Å²) >= 11 is 6.28. The second-order valence-electron chi connectivity index (χ2n) is 4.76. The number of hydrogen-bond acceptors (Lipinski definition) is 3. The Balaban J connectivity index is 2.34. The molecule has 0 spiro atoms. The molecule has 1 aliphatic rings. The van der Waals surface area contributed by atoms with Crippen LogP contribution in [-0.2, 0) is 6.61 Å². The molecular weight excluding hydrogens is 250 g/mol. The fourth-order valence-corrected chi connectivity index (χ4v) is 3.11. The third-order valence-corrected chi connectivity index (χ3v) is 3.94. The highest BCUT2D eigenvalue weighted by molar-refractivity contribution is 6.33. The van der Waals surface area contributed by atoms with Crippen molar-refractivity contribution in [3.63, 3.8) is 0 Å². The summed E-state index contributed by atoms with van der Waals surface area (Å²) in [6, 6.07) is 6.02. The summed E-state index contributed by atoms with van der Waals surface area (Å²) in [5.41, 5.74) is 1.73. The molecule has 0 heterocycles. The van der Waals surface area contributed by atoms with Gasteiger partial charge >= 0.3 is 0 Å². The quantitative estimate of drug-likeness (QED) is 0.864. The fourth-order valence-electron chi connectivity index (χ4n) is 2.81. The lowest BCUT2D eigenvalue weighted by Crippen LogP contribution is -2.36. The molecule has 18 heavy (non-hydrogen) atoms. The summed E-state index contributed by atoms with van der Waals surface area (Å²) in [5, 5.41) is 19.4. The largest absolute Gasteiger partial charge is 0.395 e. The molecule has 1 aromatic carbocycles. The average Bonchev–Trinajstić information content (AvgIpc) is 2.90. The number of halogens is 1. The molecule has 0 aliphatic heterocycles. The molecule has 1 aromatic rings. The van der Waals surface area contributed by atoms with Gasteiger partial charge in [0.1, 0.15) is 0 Å². The maximum atomic E-state index is 9.45. The van der Waals surface area contributed by atoms with Crippen molar-refractivity contribution in [1.82, 2.24) is 0 Å². The van der Waals surface area contributed by atoms with Gasteiger partial charge in [0.25, 0.3) is 0 Å². The smallest absolute Gasteiger partial charge is 0.0702 e. The molecule has 100 valence electrons. The fraction of sp³-hybridized carbons (Fsp3) is 0.571. The van der Waals surface area contributed by atoms with Crippen LogP contribution in [0.4, 0.5) is 5.69 Å². The summed E-state index contributed by atoms with van der Waals surface area (Å²) in [7, 11) is 0. The van der Waals surface area contributed by atoms with Crippen molar-refractivity contribution in [1.29, 1.82) is 0 Å². The zero-order valence-corrected chi connectivity index (χ0v) is 11.2. The van der Waals surface area contributed by atoms with Gasteiger partial charge in [-0.3, -0.25) is 0 Å². The molecule has 0 amide bonds. The lowest BCUT2D eigenvalue weighted by atomic mass is 10.1. The van der Waals surface area contributed by atoms with E-state index in [0.29, 0.717) is 17.6 Å². The van der Waals surface area contributed by atoms with Crippen LogP contribution in [-0.4, -0.2) is 29.4 Å². The first kappa shape index (κ1) is 13.7. The second-order valence-corrected chi connectivity index (χ2v) is 5.17. The number of aliphatic hydroxyl groups is 2. The predicted molar refractivity (Wildman–Crippen MR) is 74.1 cm³/mol. The molecular formula is C14H20ClNO2. The number of hydrogen-bond donors (Lipinski definition) is 2. The predicted octanol–water partition coefficient (Wildman–Crippen LogP) is 2.57. The molecule has 4 heteroatoms. The molecule has 2 N–H and O–H groups in total. The Labute approximate surface area is 113 Å². The number of para-hydroxylation sites is 1. The molecule has 0 radical (unpaired) electrons. The van der Waals surface area contributed by atoms with Gasteiger partial charge in [0.15, 0.2) is 0 Å². The van der Waals surface area contributed by atoms with Gasteiger partial charge in [-0.25, -0.2) is 0 Å². The highest BCUT2D eigenvalue weighted by Gasteiger charge is 2.25. The molecule has 1 aliphatic carbocycles. The average molecular weight is 270 g/mol. The van der Waals surface area contributed by atoms with Crippen molar-refractivity contribution in [2.45, 2.75) is 38.3 Å². The van der Waals surface area contributed by atoms with Gasteiger partial charge in [0.2, 0.25) is 0 Å². The van der Waals surface area contributed by atoms with Gasteiger partial charge in [-0.05, 0) is 18.9 Å². The van der Waals surface area contributed by atoms with Crippen molar-refractivity contribution in [3.8, 4) is 0 Å². The summed E-state index contributed by atoms with van der Waals surface area (Å²) in [6.45, 7) is 0.651. The van der Waals surface area contributed by atoms with Crippen LogP contribution >= 0.6 is 11.6 Å². The van der Waals surface area contributed by atoms with E-state index in [-0.39, 0.29) is 13.2 Å². The minimum atomic E-state index is -0.0233. The van der Waals surface area contributed by atoms with E-state index in [2.05, 4.69) is 4.90 Å². The Hall–Kier alpha value is -0.770. The third kappa shape index (κ3) is 2.79. The molecule has 0 unspecified atom stereocenters. The van der Waals surface area contributed by atoms with Crippen molar-refractivity contribution in [2.75, 3.05) is 18.1 Å². The first-order valence-corrected chi connectivity index (χ1v) is 6.91. The summed E-state index contributed by atoms with van der Waals surface area (Å²) < 4.78 is 0. The number of rotatable bonds is 5. The minimum absolute atomic E-state index is 0.0233. The number of nitrogens with zero attached hydrogens (tertiary/aromatic N) is 1. The van der Waals surface area contributed by atoms with E-state index in [9.17, 15) is 10.2 Å². The van der Waals surface area contributed by atoms with Gasteiger partial charge in [-0.2, -0.15) is 0 Å². The van der Waals surface area contributed by atoms with E-state index < -0.39 is 0 Å². The van der Waals surface area contributed by atoms with Crippen molar-refractivity contribution >= 4 is 17.3 Å². The van der Waals surface area contributed by atoms with Gasteiger partial charge in [-0.1, -0.05) is 36.6 Å². The molecule has 0 atom stereocenters. The summed E-state index contributed by atoms with van der Waals surface area (Å²) in [5.74, 6) is 0. The highest BCUT2D eigenvalue weighted by Crippen LogP contribution is 2.35. The minimum Gasteiger partial charge on any atom is -0.395 e. The van der Waals surface area contributed by atoms with Crippen LogP contribution in [0.25, 0.3) is 0 Å². The first-order valence-electron chi connectivity index (χ1n) is 6.53. The van der Waals surface area contributed by atoms with Crippen LogP contribution in [0.5, 0.6) is 0 Å². The maximum Gasteiger partial charge on any atom is 0.0702 e. The highest BCUT2D eigenvalue weighted by atomic mass is 35.5. The monoisotopic (exact) mass is 269 g/mol. The van der Waals surface area contributed by atoms with E-state index in [1.807, 2.05) is 18.2 Å². The molecule has 0 aromatic heterocycles. The van der Waals surface area contributed by atoms with E-state index in [4.69, 9.17) is 11.6 Å². The Bertz CT molecular complexity index is 391. The maximum absolute atomic E-state index is 9.45. The molecule has 0 saturated heterocycles. The first-order chi connectivity index (χ1) is 8.77. The number of anilines is 1. The van der Waals surface area contributed by atoms with Crippen molar-refractivity contribution in [3.05, 3.63) is 28.8 Å². The molecule has 1 fully saturated rings. The van der Waals surface area contributed by atoms with Crippen LogP contribution in [0.3, 0.4) is 0 Å². The van der Waals surface area contributed by atoms with Gasteiger partial charge in [-0.15, -0.1) is 0 Å². The number of aliphatic hydroxyl groups excluding tert-OH is 2. The lowest BCUT2D eigenvalue weighted by molar-refractivity contribution is 0.279. The van der Waals surface area contributed by atoms with E-state index in [1.165, 1.54) is 12.8 Å². The van der Waals surface area contributed by atoms with Crippen molar-refractivity contribution < 1.29 is 10.2 Å². The molecule has 1 saturated carbocycles. The van der Waals surface area contributed by atoms with E-state index in [0.717, 1.165) is 24.1 Å². The number of benzene rings is 1. The van der Waals surface area contributed by atoms with Crippen LogP contribution < -0.4 is 4.90 Å². The van der Waals surface area contributed by atoms with Gasteiger partial charge in [0, 0.05) is 18.2 Å². The van der Waals surface area contributed by atoms with Crippen molar-refractivity contribution in [2.24, 2.45) is 0 Å². The Morgan fingerprint density at radius 2 is 1.94 bits per heavy atom. The molecule has 0 bridgehead atoms. The van der Waals surface area contributed by atoms with Crippen LogP contribution in [0, 0.1) is 0 Å². The SMILES string of the molecule is OCCN(c1c(Cl)cccc1CO)C1CCCC1. The zero-order valence-electron chi connectivity index (χ0n) is 10.5. The zero-order chi connectivity index (χ0) is 13.0. The third-order valence-electron chi connectivity index (χ3n) is 3.63. The lowest BCUT2D eigenvalue weighted by Gasteiger charge is -2.32.